The van der Waals surface area contributed by atoms with Gasteiger partial charge in [-0.05, 0) is 18.2 Å². The Balaban J connectivity index is 2.24. The van der Waals surface area contributed by atoms with E-state index in [4.69, 9.17) is 4.74 Å². The van der Waals surface area contributed by atoms with Crippen molar-refractivity contribution in [2.45, 2.75) is 0 Å². The van der Waals surface area contributed by atoms with E-state index in [0.29, 0.717) is 10.5 Å². The quantitative estimate of drug-likeness (QED) is 0.623. The summed E-state index contributed by atoms with van der Waals surface area (Å²) in [6.07, 6.45) is 0. The number of ketones is 1. The van der Waals surface area contributed by atoms with E-state index in [2.05, 4.69) is 0 Å². The van der Waals surface area contributed by atoms with Gasteiger partial charge in [0.2, 0.25) is 5.69 Å². The summed E-state index contributed by atoms with van der Waals surface area (Å²) in [4.78, 5) is 12.4. The Bertz CT molecular complexity index is 753. The largest absolute Gasteiger partial charge is 0.618 e. The van der Waals surface area contributed by atoms with Crippen molar-refractivity contribution < 1.29 is 18.7 Å². The van der Waals surface area contributed by atoms with Gasteiger partial charge in [0.05, 0.1) is 12.7 Å². The van der Waals surface area contributed by atoms with E-state index >= 15 is 0 Å². The molecule has 0 aliphatic carbocycles. The summed E-state index contributed by atoms with van der Waals surface area (Å²) in [6, 6.07) is 10.4. The number of rotatable bonds is 2. The molecule has 3 rings (SSSR count). The molecular weight excluding hydrogens is 261 g/mol. The molecule has 1 heterocycles. The molecule has 0 fully saturated rings. The fourth-order valence-corrected chi connectivity index (χ4v) is 2.30. The van der Waals surface area contributed by atoms with Gasteiger partial charge in [0.15, 0.2) is 0 Å². The van der Waals surface area contributed by atoms with Gasteiger partial charge >= 0.3 is 0 Å². The topological polar surface area (TPSA) is 52.4 Å². The van der Waals surface area contributed by atoms with E-state index in [1.54, 1.807) is 18.2 Å². The lowest BCUT2D eigenvalue weighted by atomic mass is 10.0. The summed E-state index contributed by atoms with van der Waals surface area (Å²) < 4.78 is 19.4. The summed E-state index contributed by atoms with van der Waals surface area (Å²) in [5.41, 5.74) is 0.115. The van der Waals surface area contributed by atoms with Crippen molar-refractivity contribution >= 4 is 17.2 Å². The van der Waals surface area contributed by atoms with Crippen LogP contribution in [0.4, 0.5) is 10.1 Å². The predicted octanol–water partition coefficient (Wildman–Crippen LogP) is 2.66. The number of carbonyl (C=O) groups is 1. The van der Waals surface area contributed by atoms with Crippen LogP contribution in [-0.2, 0) is 0 Å². The number of ether oxygens (including phenoxy) is 1. The van der Waals surface area contributed by atoms with Crippen LogP contribution in [0.25, 0.3) is 0 Å². The number of hydrogen-bond donors (Lipinski definition) is 0. The molecule has 2 aromatic carbocycles. The van der Waals surface area contributed by atoms with Crippen LogP contribution < -0.4 is 4.74 Å². The van der Waals surface area contributed by atoms with Crippen LogP contribution in [0, 0.1) is 11.0 Å². The molecule has 0 bridgehead atoms. The van der Waals surface area contributed by atoms with Crippen LogP contribution in [0.15, 0.2) is 42.5 Å². The van der Waals surface area contributed by atoms with Crippen LogP contribution in [0.5, 0.6) is 5.75 Å². The lowest BCUT2D eigenvalue weighted by Crippen LogP contribution is -2.18. The van der Waals surface area contributed by atoms with Crippen LogP contribution >= 0.6 is 0 Å². The first-order valence-electron chi connectivity index (χ1n) is 5.96. The molecule has 0 unspecified atom stereocenters. The number of halogens is 1. The summed E-state index contributed by atoms with van der Waals surface area (Å²) in [5.74, 6) is -0.833. The van der Waals surface area contributed by atoms with Crippen molar-refractivity contribution in [1.29, 1.82) is 0 Å². The van der Waals surface area contributed by atoms with E-state index in [-0.39, 0.29) is 22.5 Å². The van der Waals surface area contributed by atoms with Gasteiger partial charge in [0.25, 0.3) is 11.5 Å². The van der Waals surface area contributed by atoms with Gasteiger partial charge in [-0.2, -0.15) is 4.74 Å². The van der Waals surface area contributed by atoms with Crippen LogP contribution in [-0.4, -0.2) is 23.3 Å². The van der Waals surface area contributed by atoms with E-state index in [1.165, 1.54) is 31.4 Å². The maximum Gasteiger partial charge on any atom is 0.276 e. The van der Waals surface area contributed by atoms with E-state index in [0.717, 1.165) is 0 Å². The smallest absolute Gasteiger partial charge is 0.276 e. The number of methoxy groups -OCH3 is 1. The third-order valence-corrected chi connectivity index (χ3v) is 3.22. The zero-order valence-electron chi connectivity index (χ0n) is 10.6. The molecule has 0 N–H and O–H groups in total. The van der Waals surface area contributed by atoms with Gasteiger partial charge < -0.3 is 9.94 Å². The molecule has 2 aromatic rings. The average Bonchev–Trinajstić information content (AvgIpc) is 2.72. The normalized spacial score (nSPS) is 13.6. The molecule has 100 valence electrons. The molecule has 1 aliphatic heterocycles. The second-order valence-electron chi connectivity index (χ2n) is 4.31. The fraction of sp³-hybridized carbons (Fsp3) is 0.0667. The third kappa shape index (κ3) is 1.60. The summed E-state index contributed by atoms with van der Waals surface area (Å²) >= 11 is 0. The Morgan fingerprint density at radius 3 is 2.60 bits per heavy atom. The van der Waals surface area contributed by atoms with Gasteiger partial charge in [-0.25, -0.2) is 4.39 Å². The van der Waals surface area contributed by atoms with Crippen LogP contribution in [0.2, 0.25) is 0 Å². The summed E-state index contributed by atoms with van der Waals surface area (Å²) in [6.45, 7) is 0. The second-order valence-corrected chi connectivity index (χ2v) is 4.31. The molecule has 0 atom stereocenters. The van der Waals surface area contributed by atoms with Crippen molar-refractivity contribution in [3.63, 3.8) is 0 Å². The van der Waals surface area contributed by atoms with Crippen molar-refractivity contribution in [3.05, 3.63) is 64.6 Å². The Hall–Kier alpha value is -2.69. The number of benzene rings is 2. The van der Waals surface area contributed by atoms with E-state index in [1.807, 2.05) is 0 Å². The summed E-state index contributed by atoms with van der Waals surface area (Å²) in [5, 5.41) is 12.3. The van der Waals surface area contributed by atoms with Crippen molar-refractivity contribution in [3.8, 4) is 5.75 Å². The first-order chi connectivity index (χ1) is 9.65. The molecule has 0 radical (unpaired) electrons. The first-order valence-corrected chi connectivity index (χ1v) is 5.96. The average molecular weight is 271 g/mol. The third-order valence-electron chi connectivity index (χ3n) is 3.22. The number of fused-ring (bicyclic) bond motifs is 1. The van der Waals surface area contributed by atoms with Crippen LogP contribution in [0.1, 0.15) is 15.9 Å². The molecule has 0 saturated carbocycles. The van der Waals surface area contributed by atoms with Gasteiger partial charge in [-0.3, -0.25) is 4.79 Å². The minimum atomic E-state index is -0.608. The number of nitrogens with zero attached hydrogens (tertiary/aromatic N) is 1. The zero-order chi connectivity index (χ0) is 14.3. The lowest BCUT2D eigenvalue weighted by molar-refractivity contribution is -0.355. The fourth-order valence-electron chi connectivity index (χ4n) is 2.30. The molecule has 0 spiro atoms. The predicted molar refractivity (Wildman–Crippen MR) is 71.1 cm³/mol. The Kier molecular flexibility index (Phi) is 2.75. The highest BCUT2D eigenvalue weighted by Crippen LogP contribution is 2.35. The highest BCUT2D eigenvalue weighted by Gasteiger charge is 2.40. The highest BCUT2D eigenvalue weighted by atomic mass is 19.1. The molecule has 0 saturated heterocycles. The van der Waals surface area contributed by atoms with Gasteiger partial charge in [-0.1, -0.05) is 18.2 Å². The molecule has 5 heteroatoms. The number of carbonyl (C=O) groups excluding carboxylic acids is 1. The summed E-state index contributed by atoms with van der Waals surface area (Å²) in [7, 11) is 1.42. The molecule has 0 amide bonds. The van der Waals surface area contributed by atoms with Crippen molar-refractivity contribution in [2.24, 2.45) is 0 Å². The number of Topliss-reactive ketones (excluding diaryl/α,β-unsaturated/α-hetero) is 1. The van der Waals surface area contributed by atoms with Crippen molar-refractivity contribution in [2.75, 3.05) is 7.11 Å². The van der Waals surface area contributed by atoms with E-state index in [9.17, 15) is 14.4 Å². The van der Waals surface area contributed by atoms with Crippen LogP contribution in [0.3, 0.4) is 0 Å². The lowest BCUT2D eigenvalue weighted by Gasteiger charge is -2.03. The molecule has 1 aliphatic rings. The maximum absolute atomic E-state index is 13.8. The Morgan fingerprint density at radius 2 is 1.90 bits per heavy atom. The maximum atomic E-state index is 13.8. The van der Waals surface area contributed by atoms with Gasteiger partial charge in [0, 0.05) is 6.07 Å². The highest BCUT2D eigenvalue weighted by molar-refractivity contribution is 6.52. The van der Waals surface area contributed by atoms with Gasteiger partial charge in [-0.15, -0.1) is 0 Å². The zero-order valence-corrected chi connectivity index (χ0v) is 10.6. The van der Waals surface area contributed by atoms with E-state index < -0.39 is 11.6 Å². The second kappa shape index (κ2) is 4.45. The first kappa shape index (κ1) is 12.3. The molecule has 4 nitrogen and oxygen atoms in total. The standard InChI is InChI=1S/C15H10FNO3/c1-20-12-8-4-7-11-13(12)15(18)14(17(11)19)9-5-2-3-6-10(9)16/h2-8H,1H3. The minimum absolute atomic E-state index is 0.00856. The van der Waals surface area contributed by atoms with Crippen molar-refractivity contribution in [1.82, 2.24) is 0 Å². The Morgan fingerprint density at radius 1 is 1.15 bits per heavy atom. The minimum Gasteiger partial charge on any atom is -0.618 e. The van der Waals surface area contributed by atoms with Gasteiger partial charge in [0.1, 0.15) is 17.1 Å². The Labute approximate surface area is 114 Å². The monoisotopic (exact) mass is 271 g/mol. The SMILES string of the molecule is COc1cccc2c1C(=O)C(c1ccccc1F)=[N+]2[O-]. The molecular formula is C15H10FNO3. The molecule has 0 aromatic heterocycles. The number of hydrogen-bond acceptors (Lipinski definition) is 3. The molecule has 20 heavy (non-hydrogen) atoms.